The maximum atomic E-state index is 13.3. The van der Waals surface area contributed by atoms with Crippen molar-refractivity contribution in [2.24, 2.45) is 10.9 Å². The number of amidine groups is 1. The lowest BCUT2D eigenvalue weighted by atomic mass is 10.2. The second kappa shape index (κ2) is 8.76. The van der Waals surface area contributed by atoms with Crippen molar-refractivity contribution in [3.05, 3.63) is 28.5 Å². The standard InChI is InChI=1S/C13H15BrFN5O3S/c1-6(5-16)24-12(19-23)10(17)11(18)20(13(21)22)7-2-3-9(15)8(14)4-7/h2-4,6,17-18,23H,5,16H2,1H3,(H,21,22)/p+2/b17-10?,18-11?,19-12+. The van der Waals surface area contributed by atoms with Crippen LogP contribution in [-0.2, 0) is 0 Å². The molecule has 1 aromatic carbocycles. The van der Waals surface area contributed by atoms with Crippen LogP contribution in [0.5, 0.6) is 0 Å². The van der Waals surface area contributed by atoms with Crippen LogP contribution in [0.3, 0.4) is 0 Å². The summed E-state index contributed by atoms with van der Waals surface area (Å²) in [5.41, 5.74) is 5.22. The van der Waals surface area contributed by atoms with Crippen molar-refractivity contribution in [3.63, 3.8) is 0 Å². The molecule has 0 saturated carbocycles. The summed E-state index contributed by atoms with van der Waals surface area (Å²) in [4.78, 5) is 12.1. The summed E-state index contributed by atoms with van der Waals surface area (Å²) in [6.07, 6.45) is -1.48. The molecule has 1 unspecified atom stereocenters. The highest BCUT2D eigenvalue weighted by atomic mass is 79.9. The minimum atomic E-state index is -1.48. The van der Waals surface area contributed by atoms with Gasteiger partial charge in [0.15, 0.2) is 0 Å². The number of rotatable bonds is 5. The molecule has 0 bridgehead atoms. The van der Waals surface area contributed by atoms with E-state index in [0.717, 1.165) is 17.8 Å². The van der Waals surface area contributed by atoms with Gasteiger partial charge in [-0.15, -0.1) is 0 Å². The van der Waals surface area contributed by atoms with Crippen LogP contribution in [0, 0.1) is 11.2 Å². The van der Waals surface area contributed by atoms with Gasteiger partial charge in [0.2, 0.25) is 5.84 Å². The Morgan fingerprint density at radius 3 is 2.75 bits per heavy atom. The second-order valence-corrected chi connectivity index (χ2v) is 6.84. The first-order valence-corrected chi connectivity index (χ1v) is 8.21. The molecular weight excluding hydrogens is 405 g/mol. The van der Waals surface area contributed by atoms with Crippen LogP contribution in [-0.4, -0.2) is 44.8 Å². The number of nitrogens with two attached hydrogens (primary N) is 2. The number of hydrogen-bond acceptors (Lipinski definition) is 5. The molecule has 0 saturated heterocycles. The molecule has 0 spiro atoms. The predicted molar refractivity (Wildman–Crippen MR) is 96.4 cm³/mol. The van der Waals surface area contributed by atoms with E-state index in [4.69, 9.17) is 21.8 Å². The third-order valence-electron chi connectivity index (χ3n) is 2.81. The molecule has 0 radical (unpaired) electrons. The zero-order valence-electron chi connectivity index (χ0n) is 12.6. The first-order valence-electron chi connectivity index (χ1n) is 6.53. The average Bonchev–Trinajstić information content (AvgIpc) is 2.54. The van der Waals surface area contributed by atoms with Gasteiger partial charge in [0.1, 0.15) is 5.82 Å². The Morgan fingerprint density at radius 1 is 1.67 bits per heavy atom. The minimum absolute atomic E-state index is 0.0185. The van der Waals surface area contributed by atoms with E-state index in [9.17, 15) is 14.3 Å². The van der Waals surface area contributed by atoms with Gasteiger partial charge in [-0.25, -0.2) is 19.5 Å². The van der Waals surface area contributed by atoms with Gasteiger partial charge in [-0.05, 0) is 34.1 Å². The van der Waals surface area contributed by atoms with Crippen molar-refractivity contribution in [2.75, 3.05) is 11.4 Å². The molecule has 1 amide bonds. The number of anilines is 1. The number of benzene rings is 1. The molecule has 0 aromatic heterocycles. The van der Waals surface area contributed by atoms with Crippen LogP contribution < -0.4 is 16.0 Å². The molecule has 1 atom stereocenters. The Labute approximate surface area is 149 Å². The fraction of sp³-hybridized carbons (Fsp3) is 0.231. The van der Waals surface area contributed by atoms with Crippen LogP contribution in [0.25, 0.3) is 0 Å². The molecule has 8 N–H and O–H groups in total. The van der Waals surface area contributed by atoms with Crippen molar-refractivity contribution in [3.8, 4) is 0 Å². The fourth-order valence-electron chi connectivity index (χ4n) is 1.57. The summed E-state index contributed by atoms with van der Waals surface area (Å²) in [6, 6.07) is 3.46. The molecule has 11 heteroatoms. The molecule has 0 fully saturated rings. The number of nitrogens with one attached hydrogen (secondary N) is 1. The quantitative estimate of drug-likeness (QED) is 0.235. The van der Waals surface area contributed by atoms with Gasteiger partial charge >= 0.3 is 6.09 Å². The highest BCUT2D eigenvalue weighted by Crippen LogP contribution is 2.24. The average molecular weight is 422 g/mol. The molecule has 1 aromatic rings. The first-order chi connectivity index (χ1) is 11.2. The number of carboxylic acid groups (broad SMARTS) is 1. The van der Waals surface area contributed by atoms with E-state index >= 15 is 0 Å². The molecule has 0 aliphatic carbocycles. The Balaban J connectivity index is 3.16. The summed E-state index contributed by atoms with van der Waals surface area (Å²) >= 11 is 4.02. The van der Waals surface area contributed by atoms with Gasteiger partial charge < -0.3 is 16.0 Å². The monoisotopic (exact) mass is 421 g/mol. The number of halogens is 2. The van der Waals surface area contributed by atoms with E-state index in [-0.39, 0.29) is 32.7 Å². The van der Waals surface area contributed by atoms with E-state index in [0.29, 0.717) is 4.90 Å². The molecule has 0 heterocycles. The number of hydrogen-bond donors (Lipinski definition) is 4. The van der Waals surface area contributed by atoms with E-state index in [1.165, 1.54) is 12.1 Å². The maximum Gasteiger partial charge on any atom is 0.417 e. The van der Waals surface area contributed by atoms with Crippen LogP contribution in [0.1, 0.15) is 6.92 Å². The normalized spacial score (nSPS) is 12.6. The summed E-state index contributed by atoms with van der Waals surface area (Å²) in [7, 11) is 0. The lowest BCUT2D eigenvalue weighted by Gasteiger charge is -2.19. The number of thioether (sulfide) groups is 1. The highest BCUT2D eigenvalue weighted by molar-refractivity contribution is 9.10. The molecule has 1 rings (SSSR count). The van der Waals surface area contributed by atoms with Crippen LogP contribution >= 0.6 is 27.7 Å². The lowest BCUT2D eigenvalue weighted by molar-refractivity contribution is -0.107. The number of nitrogens with zero attached hydrogens (tertiary/aromatic N) is 2. The van der Waals surface area contributed by atoms with E-state index < -0.39 is 17.7 Å². The zero-order chi connectivity index (χ0) is 18.4. The van der Waals surface area contributed by atoms with Crippen molar-refractivity contribution < 1.29 is 24.9 Å². The van der Waals surface area contributed by atoms with Crippen LogP contribution in [0.4, 0.5) is 14.9 Å². The largest absolute Gasteiger partial charge is 0.468 e. The predicted octanol–water partition coefficient (Wildman–Crippen LogP) is 0.368. The summed E-state index contributed by atoms with van der Waals surface area (Å²) in [5.74, 6) is -1.17. The van der Waals surface area contributed by atoms with Gasteiger partial charge in [0, 0.05) is 11.8 Å². The smallest absolute Gasteiger partial charge is 0.417 e. The molecule has 130 valence electrons. The highest BCUT2D eigenvalue weighted by Gasteiger charge is 2.32. The number of amides is 1. The summed E-state index contributed by atoms with van der Waals surface area (Å²) in [6.45, 7) is 2.07. The molecule has 0 aliphatic heterocycles. The topological polar surface area (TPSA) is 151 Å². The van der Waals surface area contributed by atoms with E-state index in [2.05, 4.69) is 21.1 Å². The van der Waals surface area contributed by atoms with Crippen LogP contribution in [0.15, 0.2) is 27.8 Å². The Kier molecular flexibility index (Phi) is 7.32. The third-order valence-corrected chi connectivity index (χ3v) is 4.55. The Bertz CT molecular complexity index is 700. The zero-order valence-corrected chi connectivity index (χ0v) is 15.0. The van der Waals surface area contributed by atoms with E-state index in [1.54, 1.807) is 6.92 Å². The summed E-state index contributed by atoms with van der Waals surface area (Å²) in [5, 5.41) is 33.5. The Morgan fingerprint density at radius 2 is 2.29 bits per heavy atom. The van der Waals surface area contributed by atoms with Crippen molar-refractivity contribution in [2.45, 2.75) is 12.2 Å². The van der Waals surface area contributed by atoms with Gasteiger partial charge in [0.25, 0.3) is 10.8 Å². The molecular formula is C13H17BrFN5O3S+2. The maximum absolute atomic E-state index is 13.3. The second-order valence-electron chi connectivity index (χ2n) is 4.56. The summed E-state index contributed by atoms with van der Waals surface area (Å²) < 4.78 is 13.4. The van der Waals surface area contributed by atoms with Crippen molar-refractivity contribution in [1.29, 1.82) is 5.41 Å². The molecule has 24 heavy (non-hydrogen) atoms. The lowest BCUT2D eigenvalue weighted by Crippen LogP contribution is -2.55. The van der Waals surface area contributed by atoms with Gasteiger partial charge in [-0.3, -0.25) is 5.41 Å². The van der Waals surface area contributed by atoms with Crippen molar-refractivity contribution >= 4 is 56.1 Å². The Hall–Kier alpha value is -1.98. The van der Waals surface area contributed by atoms with Crippen LogP contribution in [0.2, 0.25) is 0 Å². The van der Waals surface area contributed by atoms with Crippen molar-refractivity contribution in [1.82, 2.24) is 0 Å². The first kappa shape index (κ1) is 20.1. The van der Waals surface area contributed by atoms with Gasteiger partial charge in [-0.1, -0.05) is 18.7 Å². The number of carbonyl (C=O) groups is 1. The van der Waals surface area contributed by atoms with Gasteiger partial charge in [-0.2, -0.15) is 0 Å². The van der Waals surface area contributed by atoms with Gasteiger partial charge in [0.05, 0.1) is 15.3 Å². The third kappa shape index (κ3) is 4.76. The fourth-order valence-corrected chi connectivity index (χ4v) is 2.69. The van der Waals surface area contributed by atoms with E-state index in [1.807, 2.05) is 0 Å². The molecule has 0 aliphatic rings. The minimum Gasteiger partial charge on any atom is -0.468 e. The molecule has 8 nitrogen and oxygen atoms in total. The SMILES string of the molecule is CC(CN)S/C(=N/[OH2+])C(=[NH2+])C(=N)N(C(=O)O)c1ccc(F)c(Br)c1.